The van der Waals surface area contributed by atoms with Gasteiger partial charge in [0.1, 0.15) is 24.3 Å². The van der Waals surface area contributed by atoms with Crippen LogP contribution in [0.15, 0.2) is 18.7 Å². The lowest BCUT2D eigenvalue weighted by Gasteiger charge is -2.32. The standard InChI is InChI=1S/C18H21N9O/c1-25-10-13(7-23-25)16-15-17(20)21-11-22-18(15)27(24-16)9-12-3-2-6-26(8-12)14(28)4-5-19/h7,10-12H,2-4,6,8-9H2,1H3,(H2,20,21,22). The van der Waals surface area contributed by atoms with Crippen molar-refractivity contribution in [3.05, 3.63) is 18.7 Å². The van der Waals surface area contributed by atoms with Crippen LogP contribution in [-0.4, -0.2) is 53.4 Å². The van der Waals surface area contributed by atoms with Gasteiger partial charge in [-0.1, -0.05) is 0 Å². The first-order valence-corrected chi connectivity index (χ1v) is 9.17. The minimum Gasteiger partial charge on any atom is -0.383 e. The Morgan fingerprint density at radius 1 is 1.43 bits per heavy atom. The fourth-order valence-corrected chi connectivity index (χ4v) is 3.77. The lowest BCUT2D eigenvalue weighted by Crippen LogP contribution is -2.41. The Kier molecular flexibility index (Phi) is 4.65. The molecule has 1 amide bonds. The molecule has 1 saturated heterocycles. The Morgan fingerprint density at radius 3 is 3.04 bits per heavy atom. The average Bonchev–Trinajstić information content (AvgIpc) is 3.27. The number of nitrogen functional groups attached to an aromatic ring is 1. The van der Waals surface area contributed by atoms with E-state index in [2.05, 4.69) is 15.1 Å². The molecule has 0 bridgehead atoms. The Balaban J connectivity index is 1.65. The predicted molar refractivity (Wildman–Crippen MR) is 101 cm³/mol. The molecular formula is C18H21N9O. The number of aryl methyl sites for hydroxylation is 1. The minimum absolute atomic E-state index is 0.0770. The van der Waals surface area contributed by atoms with Crippen molar-refractivity contribution in [2.75, 3.05) is 18.8 Å². The molecule has 144 valence electrons. The van der Waals surface area contributed by atoms with Crippen LogP contribution in [0, 0.1) is 17.2 Å². The van der Waals surface area contributed by atoms with Crippen molar-refractivity contribution in [1.82, 2.24) is 34.4 Å². The molecule has 3 aromatic rings. The van der Waals surface area contributed by atoms with Gasteiger partial charge in [0.25, 0.3) is 0 Å². The number of anilines is 1. The van der Waals surface area contributed by atoms with E-state index >= 15 is 0 Å². The van der Waals surface area contributed by atoms with Crippen molar-refractivity contribution in [3.8, 4) is 17.3 Å². The molecule has 0 radical (unpaired) electrons. The van der Waals surface area contributed by atoms with E-state index in [0.717, 1.165) is 18.4 Å². The monoisotopic (exact) mass is 379 g/mol. The van der Waals surface area contributed by atoms with E-state index < -0.39 is 0 Å². The van der Waals surface area contributed by atoms with Gasteiger partial charge in [-0.05, 0) is 18.8 Å². The number of amides is 1. The predicted octanol–water partition coefficient (Wildman–Crippen LogP) is 0.961. The molecule has 4 heterocycles. The highest BCUT2D eigenvalue weighted by Gasteiger charge is 2.26. The number of likely N-dealkylation sites (tertiary alicyclic amines) is 1. The van der Waals surface area contributed by atoms with Gasteiger partial charge in [-0.25, -0.2) is 14.6 Å². The van der Waals surface area contributed by atoms with Gasteiger partial charge >= 0.3 is 0 Å². The summed E-state index contributed by atoms with van der Waals surface area (Å²) in [5.41, 5.74) is 8.35. The van der Waals surface area contributed by atoms with Crippen LogP contribution in [-0.2, 0) is 18.4 Å². The summed E-state index contributed by atoms with van der Waals surface area (Å²) in [6.07, 6.45) is 6.87. The molecule has 0 aromatic carbocycles. The zero-order chi connectivity index (χ0) is 19.7. The highest BCUT2D eigenvalue weighted by molar-refractivity contribution is 5.98. The maximum atomic E-state index is 12.1. The zero-order valence-electron chi connectivity index (χ0n) is 15.6. The molecule has 1 aliphatic heterocycles. The van der Waals surface area contributed by atoms with Crippen LogP contribution in [0.5, 0.6) is 0 Å². The molecular weight excluding hydrogens is 358 g/mol. The second-order valence-electron chi connectivity index (χ2n) is 7.07. The number of hydrogen-bond donors (Lipinski definition) is 1. The maximum Gasteiger partial charge on any atom is 0.236 e. The molecule has 10 heteroatoms. The van der Waals surface area contributed by atoms with Crippen LogP contribution < -0.4 is 5.73 Å². The van der Waals surface area contributed by atoms with E-state index in [0.29, 0.717) is 42.2 Å². The number of carbonyl (C=O) groups is 1. The molecule has 0 aliphatic carbocycles. The highest BCUT2D eigenvalue weighted by Crippen LogP contribution is 2.30. The Bertz CT molecular complexity index is 1060. The van der Waals surface area contributed by atoms with E-state index in [1.165, 1.54) is 6.33 Å². The third-order valence-corrected chi connectivity index (χ3v) is 5.07. The lowest BCUT2D eigenvalue weighted by molar-refractivity contribution is -0.132. The fraction of sp³-hybridized carbons (Fsp3) is 0.444. The molecule has 1 unspecified atom stereocenters. The molecule has 10 nitrogen and oxygen atoms in total. The number of nitriles is 1. The highest BCUT2D eigenvalue weighted by atomic mass is 16.2. The minimum atomic E-state index is -0.111. The summed E-state index contributed by atoms with van der Waals surface area (Å²) in [5.74, 6) is 0.502. The van der Waals surface area contributed by atoms with E-state index in [1.807, 2.05) is 24.0 Å². The third kappa shape index (κ3) is 3.26. The zero-order valence-corrected chi connectivity index (χ0v) is 15.6. The number of nitrogens with zero attached hydrogens (tertiary/aromatic N) is 8. The van der Waals surface area contributed by atoms with Crippen LogP contribution in [0.2, 0.25) is 0 Å². The third-order valence-electron chi connectivity index (χ3n) is 5.07. The maximum absolute atomic E-state index is 12.1. The normalized spacial score (nSPS) is 17.0. The van der Waals surface area contributed by atoms with Gasteiger partial charge < -0.3 is 10.6 Å². The van der Waals surface area contributed by atoms with Gasteiger partial charge in [0.05, 0.1) is 17.7 Å². The molecule has 0 spiro atoms. The summed E-state index contributed by atoms with van der Waals surface area (Å²) in [6, 6.07) is 1.94. The van der Waals surface area contributed by atoms with Crippen LogP contribution in [0.4, 0.5) is 5.82 Å². The Labute approximate surface area is 161 Å². The second kappa shape index (κ2) is 7.26. The van der Waals surface area contributed by atoms with Gasteiger partial charge in [-0.3, -0.25) is 9.48 Å². The number of nitrogens with two attached hydrogens (primary N) is 1. The quantitative estimate of drug-likeness (QED) is 0.714. The number of fused-ring (bicyclic) bond motifs is 1. The van der Waals surface area contributed by atoms with Gasteiger partial charge in [0, 0.05) is 38.4 Å². The first-order chi connectivity index (χ1) is 13.6. The molecule has 2 N–H and O–H groups in total. The average molecular weight is 379 g/mol. The number of rotatable bonds is 4. The van der Waals surface area contributed by atoms with Crippen LogP contribution in [0.1, 0.15) is 19.3 Å². The Morgan fingerprint density at radius 2 is 2.29 bits per heavy atom. The van der Waals surface area contributed by atoms with E-state index in [1.54, 1.807) is 15.8 Å². The Hall–Kier alpha value is -3.48. The van der Waals surface area contributed by atoms with Crippen molar-refractivity contribution in [3.63, 3.8) is 0 Å². The van der Waals surface area contributed by atoms with Crippen LogP contribution in [0.25, 0.3) is 22.3 Å². The first kappa shape index (κ1) is 17.9. The van der Waals surface area contributed by atoms with E-state index in [9.17, 15) is 4.79 Å². The van der Waals surface area contributed by atoms with Crippen LogP contribution in [0.3, 0.4) is 0 Å². The van der Waals surface area contributed by atoms with Crippen molar-refractivity contribution in [2.45, 2.75) is 25.8 Å². The molecule has 3 aromatic heterocycles. The first-order valence-electron chi connectivity index (χ1n) is 9.17. The molecule has 28 heavy (non-hydrogen) atoms. The molecule has 0 saturated carbocycles. The topological polar surface area (TPSA) is 132 Å². The summed E-state index contributed by atoms with van der Waals surface area (Å²) in [4.78, 5) is 22.4. The van der Waals surface area contributed by atoms with Crippen molar-refractivity contribution in [2.24, 2.45) is 13.0 Å². The van der Waals surface area contributed by atoms with Gasteiger partial charge in [0.2, 0.25) is 5.91 Å². The number of hydrogen-bond acceptors (Lipinski definition) is 7. The summed E-state index contributed by atoms with van der Waals surface area (Å²) in [7, 11) is 1.84. The summed E-state index contributed by atoms with van der Waals surface area (Å²) in [6.45, 7) is 1.93. The van der Waals surface area contributed by atoms with E-state index in [-0.39, 0.29) is 18.2 Å². The van der Waals surface area contributed by atoms with Crippen molar-refractivity contribution < 1.29 is 4.79 Å². The molecule has 4 rings (SSSR count). The number of carbonyl (C=O) groups excluding carboxylic acids is 1. The largest absolute Gasteiger partial charge is 0.383 e. The fourth-order valence-electron chi connectivity index (χ4n) is 3.77. The van der Waals surface area contributed by atoms with E-state index in [4.69, 9.17) is 16.1 Å². The molecule has 1 aliphatic rings. The second-order valence-corrected chi connectivity index (χ2v) is 7.07. The molecule has 1 atom stereocenters. The summed E-state index contributed by atoms with van der Waals surface area (Å²) >= 11 is 0. The summed E-state index contributed by atoms with van der Waals surface area (Å²) < 4.78 is 3.55. The SMILES string of the molecule is Cn1cc(-c2nn(CC3CCCN(C(=O)CC#N)C3)c3ncnc(N)c23)cn1. The van der Waals surface area contributed by atoms with Crippen LogP contribution >= 0.6 is 0 Å². The van der Waals surface area contributed by atoms with Crippen molar-refractivity contribution in [1.29, 1.82) is 5.26 Å². The number of aromatic nitrogens is 6. The lowest BCUT2D eigenvalue weighted by atomic mass is 9.98. The van der Waals surface area contributed by atoms with Gasteiger partial charge in [0.15, 0.2) is 5.65 Å². The van der Waals surface area contributed by atoms with Gasteiger partial charge in [-0.15, -0.1) is 0 Å². The summed E-state index contributed by atoms with van der Waals surface area (Å²) in [5, 5.41) is 18.5. The molecule has 1 fully saturated rings. The van der Waals surface area contributed by atoms with Gasteiger partial charge in [-0.2, -0.15) is 15.5 Å². The van der Waals surface area contributed by atoms with Crippen molar-refractivity contribution >= 4 is 22.8 Å². The number of piperidine rings is 1. The smallest absolute Gasteiger partial charge is 0.236 e.